The number of para-hydroxylation sites is 1. The Morgan fingerprint density at radius 1 is 1.14 bits per heavy atom. The van der Waals surface area contributed by atoms with E-state index < -0.39 is 10.0 Å². The zero-order chi connectivity index (χ0) is 20.1. The van der Waals surface area contributed by atoms with Crippen molar-refractivity contribution in [2.24, 2.45) is 0 Å². The quantitative estimate of drug-likeness (QED) is 0.643. The number of hydrogen-bond donors (Lipinski definition) is 0. The minimum absolute atomic E-state index is 0.0123. The van der Waals surface area contributed by atoms with E-state index in [1.54, 1.807) is 17.0 Å². The number of carbonyl (C=O) groups excluding carboxylic acids is 1. The van der Waals surface area contributed by atoms with Gasteiger partial charge in [-0.2, -0.15) is 4.31 Å². The molecule has 150 valence electrons. The fraction of sp³-hybridized carbons (Fsp3) is 0.400. The lowest BCUT2D eigenvalue weighted by atomic mass is 10.2. The van der Waals surface area contributed by atoms with Crippen LogP contribution in [0.25, 0.3) is 0 Å². The van der Waals surface area contributed by atoms with Gasteiger partial charge >= 0.3 is 0 Å². The average molecular weight is 420 g/mol. The second kappa shape index (κ2) is 9.07. The first-order valence-corrected chi connectivity index (χ1v) is 11.8. The normalized spacial score (nSPS) is 15.1. The predicted molar refractivity (Wildman–Crippen MR) is 112 cm³/mol. The van der Waals surface area contributed by atoms with Gasteiger partial charge in [0.05, 0.1) is 10.8 Å². The summed E-state index contributed by atoms with van der Waals surface area (Å²) < 4.78 is 26.6. The van der Waals surface area contributed by atoms with Gasteiger partial charge in [0.15, 0.2) is 0 Å². The molecule has 1 aromatic carbocycles. The molecule has 1 aliphatic heterocycles. The second-order valence-corrected chi connectivity index (χ2v) is 9.86. The highest BCUT2D eigenvalue weighted by Crippen LogP contribution is 2.24. The molecule has 1 aromatic heterocycles. The van der Waals surface area contributed by atoms with Crippen molar-refractivity contribution in [1.82, 2.24) is 9.29 Å². The highest BCUT2D eigenvalue weighted by Gasteiger charge is 2.27. The Kier molecular flexibility index (Phi) is 6.74. The predicted octanol–water partition coefficient (Wildman–Crippen LogP) is 3.40. The fourth-order valence-corrected chi connectivity index (χ4v) is 5.37. The lowest BCUT2D eigenvalue weighted by Crippen LogP contribution is -2.38. The summed E-state index contributed by atoms with van der Waals surface area (Å²) >= 11 is 1.31. The van der Waals surface area contributed by atoms with Crippen LogP contribution in [0, 0.1) is 0 Å². The van der Waals surface area contributed by atoms with Gasteiger partial charge in [-0.25, -0.2) is 13.4 Å². The van der Waals surface area contributed by atoms with Gasteiger partial charge in [0.2, 0.25) is 15.9 Å². The summed E-state index contributed by atoms with van der Waals surface area (Å²) in [6.45, 7) is 5.09. The Balaban J connectivity index is 1.65. The molecule has 2 heterocycles. The monoisotopic (exact) mass is 419 g/mol. The van der Waals surface area contributed by atoms with Gasteiger partial charge in [-0.05, 0) is 51.0 Å². The Morgan fingerprint density at radius 2 is 1.82 bits per heavy atom. The van der Waals surface area contributed by atoms with Crippen LogP contribution in [0.2, 0.25) is 0 Å². The second-order valence-electron chi connectivity index (χ2n) is 6.93. The third-order valence-electron chi connectivity index (χ3n) is 4.57. The molecule has 0 bridgehead atoms. The van der Waals surface area contributed by atoms with E-state index in [1.807, 2.05) is 44.2 Å². The minimum atomic E-state index is -3.46. The van der Waals surface area contributed by atoms with Gasteiger partial charge in [-0.3, -0.25) is 4.79 Å². The number of hydrogen-bond acceptors (Lipinski definition) is 5. The molecule has 2 aromatic rings. The van der Waals surface area contributed by atoms with Crippen LogP contribution in [0.1, 0.15) is 26.7 Å². The summed E-state index contributed by atoms with van der Waals surface area (Å²) in [7, 11) is -3.46. The molecule has 1 amide bonds. The van der Waals surface area contributed by atoms with Gasteiger partial charge in [0.25, 0.3) is 0 Å². The van der Waals surface area contributed by atoms with Crippen molar-refractivity contribution in [2.75, 3.05) is 23.7 Å². The number of carbonyl (C=O) groups is 1. The fourth-order valence-electron chi connectivity index (χ4n) is 3.21. The van der Waals surface area contributed by atoms with E-state index >= 15 is 0 Å². The first-order chi connectivity index (χ1) is 13.4. The third-order valence-corrected chi connectivity index (χ3v) is 7.39. The summed E-state index contributed by atoms with van der Waals surface area (Å²) in [5.41, 5.74) is 0.864. The van der Waals surface area contributed by atoms with E-state index in [1.165, 1.54) is 22.3 Å². The highest BCUT2D eigenvalue weighted by molar-refractivity contribution is 7.99. The number of pyridine rings is 1. The van der Waals surface area contributed by atoms with E-state index in [-0.39, 0.29) is 22.6 Å². The van der Waals surface area contributed by atoms with Crippen LogP contribution in [0.15, 0.2) is 58.6 Å². The van der Waals surface area contributed by atoms with Crippen LogP contribution < -0.4 is 4.90 Å². The Bertz CT molecular complexity index is 894. The number of benzene rings is 1. The molecular weight excluding hydrogens is 394 g/mol. The maximum Gasteiger partial charge on any atom is 0.244 e. The van der Waals surface area contributed by atoms with Crippen LogP contribution in [-0.4, -0.2) is 48.5 Å². The third kappa shape index (κ3) is 4.74. The molecule has 1 aliphatic rings. The van der Waals surface area contributed by atoms with Crippen LogP contribution >= 0.6 is 11.8 Å². The first-order valence-electron chi connectivity index (χ1n) is 9.35. The number of rotatable bonds is 7. The molecule has 3 rings (SSSR count). The number of nitrogens with zero attached hydrogens (tertiary/aromatic N) is 3. The lowest BCUT2D eigenvalue weighted by Gasteiger charge is -2.26. The zero-order valence-corrected chi connectivity index (χ0v) is 17.7. The summed E-state index contributed by atoms with van der Waals surface area (Å²) in [5, 5.41) is 0.630. The molecule has 1 fully saturated rings. The van der Waals surface area contributed by atoms with E-state index in [4.69, 9.17) is 0 Å². The number of amides is 1. The number of aromatic nitrogens is 1. The number of thioether (sulfide) groups is 1. The number of anilines is 1. The van der Waals surface area contributed by atoms with Gasteiger partial charge in [-0.1, -0.05) is 30.0 Å². The van der Waals surface area contributed by atoms with Crippen molar-refractivity contribution in [2.45, 2.75) is 42.7 Å². The standard InChI is InChI=1S/C20H25N3O3S2/c1-16(2)23(17-8-4-3-5-9-17)20(24)15-27-19-11-10-18(14-21-19)28(25,26)22-12-6-7-13-22/h3-5,8-11,14,16H,6-7,12-13,15H2,1-2H3. The van der Waals surface area contributed by atoms with Crippen LogP contribution in [0.3, 0.4) is 0 Å². The van der Waals surface area contributed by atoms with Crippen LogP contribution in [-0.2, 0) is 14.8 Å². The molecule has 6 nitrogen and oxygen atoms in total. The Hall–Kier alpha value is -1.90. The van der Waals surface area contributed by atoms with Crippen LogP contribution in [0.4, 0.5) is 5.69 Å². The van der Waals surface area contributed by atoms with Crippen molar-refractivity contribution in [3.8, 4) is 0 Å². The maximum atomic E-state index is 12.7. The average Bonchev–Trinajstić information content (AvgIpc) is 3.23. The Labute approximate surface area is 171 Å². The van der Waals surface area contributed by atoms with Crippen molar-refractivity contribution in [3.63, 3.8) is 0 Å². The summed E-state index contributed by atoms with van der Waals surface area (Å²) in [6.07, 6.45) is 3.19. The molecule has 0 aliphatic carbocycles. The van der Waals surface area contributed by atoms with E-state index in [2.05, 4.69) is 4.98 Å². The summed E-state index contributed by atoms with van der Waals surface area (Å²) in [6, 6.07) is 12.9. The molecule has 0 N–H and O–H groups in total. The molecule has 0 spiro atoms. The minimum Gasteiger partial charge on any atom is -0.309 e. The molecule has 8 heteroatoms. The summed E-state index contributed by atoms with van der Waals surface area (Å²) in [5.74, 6) is 0.222. The molecule has 0 atom stereocenters. The molecular formula is C20H25N3O3S2. The lowest BCUT2D eigenvalue weighted by molar-refractivity contribution is -0.116. The van der Waals surface area contributed by atoms with E-state index in [0.717, 1.165) is 18.5 Å². The van der Waals surface area contributed by atoms with Crippen LogP contribution in [0.5, 0.6) is 0 Å². The van der Waals surface area contributed by atoms with Gasteiger partial charge in [0.1, 0.15) is 4.90 Å². The maximum absolute atomic E-state index is 12.7. The largest absolute Gasteiger partial charge is 0.309 e. The van der Waals surface area contributed by atoms with Crippen molar-refractivity contribution >= 4 is 33.4 Å². The van der Waals surface area contributed by atoms with Gasteiger partial charge in [0, 0.05) is 31.0 Å². The Morgan fingerprint density at radius 3 is 2.39 bits per heavy atom. The smallest absolute Gasteiger partial charge is 0.244 e. The topological polar surface area (TPSA) is 70.6 Å². The zero-order valence-electron chi connectivity index (χ0n) is 16.1. The first kappa shape index (κ1) is 20.8. The van der Waals surface area contributed by atoms with Crippen molar-refractivity contribution in [1.29, 1.82) is 0 Å². The summed E-state index contributed by atoms with van der Waals surface area (Å²) in [4.78, 5) is 19.0. The van der Waals surface area contributed by atoms with Gasteiger partial charge < -0.3 is 4.90 Å². The SMILES string of the molecule is CC(C)N(C(=O)CSc1ccc(S(=O)(=O)N2CCCC2)cn1)c1ccccc1. The molecule has 0 radical (unpaired) electrons. The molecule has 1 saturated heterocycles. The highest BCUT2D eigenvalue weighted by atomic mass is 32.2. The molecule has 0 unspecified atom stereocenters. The molecule has 28 heavy (non-hydrogen) atoms. The van der Waals surface area contributed by atoms with E-state index in [0.29, 0.717) is 18.1 Å². The van der Waals surface area contributed by atoms with Crippen molar-refractivity contribution in [3.05, 3.63) is 48.7 Å². The van der Waals surface area contributed by atoms with Crippen molar-refractivity contribution < 1.29 is 13.2 Å². The van der Waals surface area contributed by atoms with Gasteiger partial charge in [-0.15, -0.1) is 0 Å². The molecule has 0 saturated carbocycles. The number of sulfonamides is 1. The van der Waals surface area contributed by atoms with E-state index in [9.17, 15) is 13.2 Å².